The number of amides is 3. The van der Waals surface area contributed by atoms with Crippen molar-refractivity contribution in [3.8, 4) is 11.3 Å². The molecule has 39 heavy (non-hydrogen) atoms. The number of nitrogens with zero attached hydrogens (tertiary/aromatic N) is 2. The van der Waals surface area contributed by atoms with Gasteiger partial charge in [0.1, 0.15) is 17.7 Å². The molecule has 0 spiro atoms. The minimum Gasteiger partial charge on any atom is -0.370 e. The van der Waals surface area contributed by atoms with Crippen LogP contribution in [0.2, 0.25) is 0 Å². The van der Waals surface area contributed by atoms with E-state index >= 15 is 0 Å². The molecule has 0 fully saturated rings. The second-order valence-corrected chi connectivity index (χ2v) is 10.8. The monoisotopic (exact) mass is 551 g/mol. The van der Waals surface area contributed by atoms with Crippen molar-refractivity contribution in [3.05, 3.63) is 76.4 Å². The van der Waals surface area contributed by atoms with Gasteiger partial charge in [-0.25, -0.2) is 13.8 Å². The number of imidazole rings is 1. The number of thiazole rings is 1. The van der Waals surface area contributed by atoms with E-state index in [9.17, 15) is 23.2 Å². The van der Waals surface area contributed by atoms with Crippen molar-refractivity contribution >= 4 is 39.7 Å². The highest BCUT2D eigenvalue weighted by atomic mass is 32.1. The summed E-state index contributed by atoms with van der Waals surface area (Å²) in [5, 5.41) is 5.30. The van der Waals surface area contributed by atoms with Crippen molar-refractivity contribution in [2.45, 2.75) is 51.0 Å². The predicted octanol–water partition coefficient (Wildman–Crippen LogP) is 4.32. The van der Waals surface area contributed by atoms with Gasteiger partial charge in [-0.2, -0.15) is 0 Å². The van der Waals surface area contributed by atoms with E-state index in [1.165, 1.54) is 17.5 Å². The molecule has 0 saturated carbocycles. The summed E-state index contributed by atoms with van der Waals surface area (Å²) in [6, 6.07) is 9.24. The van der Waals surface area contributed by atoms with Crippen LogP contribution in [-0.4, -0.2) is 33.1 Å². The lowest BCUT2D eigenvalue weighted by atomic mass is 9.89. The van der Waals surface area contributed by atoms with Crippen LogP contribution in [0.25, 0.3) is 16.2 Å². The fourth-order valence-electron chi connectivity index (χ4n) is 4.92. The molecule has 1 unspecified atom stereocenters. The van der Waals surface area contributed by atoms with Gasteiger partial charge in [0.15, 0.2) is 4.96 Å². The van der Waals surface area contributed by atoms with E-state index in [0.717, 1.165) is 53.7 Å². The fourth-order valence-corrected chi connectivity index (χ4v) is 6.21. The van der Waals surface area contributed by atoms with Crippen molar-refractivity contribution in [3.63, 3.8) is 0 Å². The average Bonchev–Trinajstić information content (AvgIpc) is 3.43. The molecule has 2 aromatic carbocycles. The number of carbonyl (C=O) groups excluding carboxylic acids is 3. The Kier molecular flexibility index (Phi) is 7.42. The van der Waals surface area contributed by atoms with Crippen molar-refractivity contribution < 1.29 is 23.2 Å². The van der Waals surface area contributed by atoms with Crippen LogP contribution in [0.15, 0.2) is 48.7 Å². The van der Waals surface area contributed by atoms with E-state index < -0.39 is 29.5 Å². The van der Waals surface area contributed by atoms with E-state index in [1.54, 1.807) is 23.5 Å². The van der Waals surface area contributed by atoms with Gasteiger partial charge in [0.2, 0.25) is 17.7 Å². The first-order valence-corrected chi connectivity index (χ1v) is 13.4. The Hall–Kier alpha value is -4.12. The number of hydrogen-bond acceptors (Lipinski definition) is 5. The highest BCUT2D eigenvalue weighted by Gasteiger charge is 2.27. The lowest BCUT2D eigenvalue weighted by Gasteiger charge is -2.20. The van der Waals surface area contributed by atoms with Gasteiger partial charge >= 0.3 is 0 Å². The van der Waals surface area contributed by atoms with Crippen LogP contribution in [0.4, 0.5) is 14.5 Å². The van der Waals surface area contributed by atoms with Crippen LogP contribution in [0.5, 0.6) is 0 Å². The molecule has 202 valence electrons. The maximum absolute atomic E-state index is 13.4. The topological polar surface area (TPSA) is 119 Å². The second kappa shape index (κ2) is 10.9. The molecular weight excluding hydrogens is 524 g/mol. The summed E-state index contributed by atoms with van der Waals surface area (Å²) in [6.07, 6.45) is 4.98. The van der Waals surface area contributed by atoms with Gasteiger partial charge < -0.3 is 16.4 Å². The Balaban J connectivity index is 1.21. The Morgan fingerprint density at radius 1 is 1.15 bits per heavy atom. The first kappa shape index (κ1) is 26.5. The van der Waals surface area contributed by atoms with E-state index in [1.807, 2.05) is 18.3 Å². The molecule has 4 N–H and O–H groups in total. The van der Waals surface area contributed by atoms with Gasteiger partial charge in [0.05, 0.1) is 12.1 Å². The second-order valence-electron chi connectivity index (χ2n) is 9.76. The largest absolute Gasteiger partial charge is 0.370 e. The quantitative estimate of drug-likeness (QED) is 0.302. The summed E-state index contributed by atoms with van der Waals surface area (Å²) in [5.41, 5.74) is 9.04. The van der Waals surface area contributed by atoms with E-state index in [4.69, 9.17) is 10.7 Å². The number of anilines is 1. The van der Waals surface area contributed by atoms with Crippen molar-refractivity contribution in [2.75, 3.05) is 5.32 Å². The molecule has 5 rings (SSSR count). The van der Waals surface area contributed by atoms with E-state index in [-0.39, 0.29) is 23.8 Å². The minimum atomic E-state index is -0.861. The number of benzene rings is 2. The SMILES string of the molecule is C[C@@H](NC(=O)Cc1cc(F)cc(F)c1)C(=O)Nc1ccc(-c2cn3c4c(sc3n2)C(CC(N)=O)CCC4)cc1. The zero-order chi connectivity index (χ0) is 27.7. The third kappa shape index (κ3) is 5.98. The van der Waals surface area contributed by atoms with Crippen molar-refractivity contribution in [2.24, 2.45) is 5.73 Å². The maximum atomic E-state index is 13.4. The number of primary amides is 1. The Bertz CT molecular complexity index is 1540. The van der Waals surface area contributed by atoms with Gasteiger partial charge in [-0.15, -0.1) is 11.3 Å². The number of aromatic nitrogens is 2. The molecule has 1 aliphatic carbocycles. The Labute approximate surface area is 227 Å². The zero-order valence-corrected chi connectivity index (χ0v) is 22.0. The molecular formula is C28H27F2N5O3S. The van der Waals surface area contributed by atoms with Gasteiger partial charge in [-0.05, 0) is 56.0 Å². The molecule has 8 nitrogen and oxygen atoms in total. The first-order valence-electron chi connectivity index (χ1n) is 12.6. The smallest absolute Gasteiger partial charge is 0.246 e. The number of aryl methyl sites for hydroxylation is 1. The zero-order valence-electron chi connectivity index (χ0n) is 21.2. The summed E-state index contributed by atoms with van der Waals surface area (Å²) in [4.78, 5) is 43.1. The molecule has 4 aromatic rings. The number of fused-ring (bicyclic) bond motifs is 3. The highest BCUT2D eigenvalue weighted by molar-refractivity contribution is 7.17. The van der Waals surface area contributed by atoms with Gasteiger partial charge in [0, 0.05) is 46.4 Å². The fraction of sp³-hybridized carbons (Fsp3) is 0.286. The molecule has 3 amide bonds. The maximum Gasteiger partial charge on any atom is 0.246 e. The molecule has 2 heterocycles. The van der Waals surface area contributed by atoms with Gasteiger partial charge in [-0.3, -0.25) is 18.8 Å². The molecule has 2 atom stereocenters. The molecule has 0 aliphatic heterocycles. The lowest BCUT2D eigenvalue weighted by Crippen LogP contribution is -2.42. The van der Waals surface area contributed by atoms with Crippen LogP contribution in [0.1, 0.15) is 48.2 Å². The third-order valence-corrected chi connectivity index (χ3v) is 8.00. The van der Waals surface area contributed by atoms with Crippen molar-refractivity contribution in [1.29, 1.82) is 0 Å². The van der Waals surface area contributed by atoms with E-state index in [0.29, 0.717) is 12.1 Å². The Morgan fingerprint density at radius 2 is 1.87 bits per heavy atom. The summed E-state index contributed by atoms with van der Waals surface area (Å²) in [5.74, 6) is -2.63. The molecule has 0 saturated heterocycles. The van der Waals surface area contributed by atoms with Crippen LogP contribution >= 0.6 is 11.3 Å². The lowest BCUT2D eigenvalue weighted by molar-refractivity contribution is -0.125. The number of halogens is 2. The standard InChI is InChI=1S/C28H27F2N5O3S/c1-15(32-25(37)11-16-9-19(29)13-20(30)10-16)27(38)33-21-7-5-17(6-8-21)22-14-35-23-4-2-3-18(12-24(31)36)26(23)39-28(35)34-22/h5-10,13-15,18H,2-4,11-12H2,1H3,(H2,31,36)(H,32,37)(H,33,38)/t15-,18?/m1/s1. The van der Waals surface area contributed by atoms with Gasteiger partial charge in [-0.1, -0.05) is 12.1 Å². The first-order chi connectivity index (χ1) is 18.7. The molecule has 2 aromatic heterocycles. The van der Waals surface area contributed by atoms with Crippen LogP contribution in [-0.2, 0) is 27.2 Å². The molecule has 11 heteroatoms. The predicted molar refractivity (Wildman–Crippen MR) is 144 cm³/mol. The normalized spacial score (nSPS) is 15.5. The number of rotatable bonds is 8. The molecule has 1 aliphatic rings. The van der Waals surface area contributed by atoms with E-state index in [2.05, 4.69) is 15.0 Å². The summed E-state index contributed by atoms with van der Waals surface area (Å²) in [6.45, 7) is 1.53. The summed E-state index contributed by atoms with van der Waals surface area (Å²) >= 11 is 1.60. The summed E-state index contributed by atoms with van der Waals surface area (Å²) in [7, 11) is 0. The number of nitrogens with two attached hydrogens (primary N) is 1. The van der Waals surface area contributed by atoms with Crippen LogP contribution in [0.3, 0.4) is 0 Å². The minimum absolute atomic E-state index is 0.154. The molecule has 0 radical (unpaired) electrons. The number of nitrogens with one attached hydrogen (secondary N) is 2. The average molecular weight is 552 g/mol. The summed E-state index contributed by atoms with van der Waals surface area (Å²) < 4.78 is 28.8. The van der Waals surface area contributed by atoms with Crippen LogP contribution < -0.4 is 16.4 Å². The van der Waals surface area contributed by atoms with Crippen molar-refractivity contribution in [1.82, 2.24) is 14.7 Å². The molecule has 0 bridgehead atoms. The van der Waals surface area contributed by atoms with Gasteiger partial charge in [0.25, 0.3) is 0 Å². The Morgan fingerprint density at radius 3 is 2.56 bits per heavy atom. The number of hydrogen-bond donors (Lipinski definition) is 3. The highest BCUT2D eigenvalue weighted by Crippen LogP contribution is 2.40. The number of carbonyl (C=O) groups is 3. The third-order valence-electron chi connectivity index (χ3n) is 6.74. The van der Waals surface area contributed by atoms with Crippen LogP contribution in [0, 0.1) is 11.6 Å².